The second kappa shape index (κ2) is 8.58. The molecule has 106 valence electrons. The van der Waals surface area contributed by atoms with Crippen molar-refractivity contribution in [2.24, 2.45) is 0 Å². The summed E-state index contributed by atoms with van der Waals surface area (Å²) in [6.07, 6.45) is 12.5. The van der Waals surface area contributed by atoms with E-state index in [1.807, 2.05) is 6.08 Å². The van der Waals surface area contributed by atoms with Crippen LogP contribution in [0.5, 0.6) is 0 Å². The number of aryl methyl sites for hydroxylation is 1. The lowest BCUT2D eigenvalue weighted by atomic mass is 10.0. The van der Waals surface area contributed by atoms with E-state index >= 15 is 0 Å². The number of rotatable bonds is 9. The van der Waals surface area contributed by atoms with Crippen LogP contribution >= 0.6 is 0 Å². The zero-order valence-corrected chi connectivity index (χ0v) is 12.5. The van der Waals surface area contributed by atoms with Crippen molar-refractivity contribution in [3.05, 3.63) is 60.7 Å². The number of benzene rings is 2. The molecule has 0 saturated heterocycles. The van der Waals surface area contributed by atoms with E-state index in [1.165, 1.54) is 67.7 Å². The summed E-state index contributed by atoms with van der Waals surface area (Å²) < 4.78 is 0. The Bertz CT molecular complexity index is 524. The van der Waals surface area contributed by atoms with Gasteiger partial charge in [0.15, 0.2) is 0 Å². The second-order valence-corrected chi connectivity index (χ2v) is 5.63. The van der Waals surface area contributed by atoms with Gasteiger partial charge >= 0.3 is 0 Å². The highest BCUT2D eigenvalue weighted by atomic mass is 14.0. The van der Waals surface area contributed by atoms with Crippen LogP contribution in [0.3, 0.4) is 0 Å². The Morgan fingerprint density at radius 2 is 1.45 bits per heavy atom. The molecule has 2 aromatic carbocycles. The molecule has 0 heteroatoms. The minimum Gasteiger partial charge on any atom is -0.103 e. The Labute approximate surface area is 123 Å². The number of hydrogen-bond donors (Lipinski definition) is 0. The van der Waals surface area contributed by atoms with Gasteiger partial charge in [-0.2, -0.15) is 0 Å². The van der Waals surface area contributed by atoms with Crippen molar-refractivity contribution in [3.63, 3.8) is 0 Å². The van der Waals surface area contributed by atoms with Gasteiger partial charge in [-0.25, -0.2) is 0 Å². The first-order chi connectivity index (χ1) is 9.90. The van der Waals surface area contributed by atoms with Crippen LogP contribution in [0.25, 0.3) is 10.8 Å². The van der Waals surface area contributed by atoms with Crippen LogP contribution in [-0.2, 0) is 6.42 Å². The summed E-state index contributed by atoms with van der Waals surface area (Å²) in [7, 11) is 0. The molecular weight excluding hydrogens is 240 g/mol. The molecule has 0 aliphatic rings. The zero-order chi connectivity index (χ0) is 14.0. The summed E-state index contributed by atoms with van der Waals surface area (Å²) >= 11 is 0. The van der Waals surface area contributed by atoms with E-state index in [9.17, 15) is 0 Å². The minimum absolute atomic E-state index is 1.18. The van der Waals surface area contributed by atoms with Crippen molar-refractivity contribution in [2.75, 3.05) is 0 Å². The van der Waals surface area contributed by atoms with Gasteiger partial charge in [0.2, 0.25) is 0 Å². The van der Waals surface area contributed by atoms with E-state index in [0.717, 1.165) is 0 Å². The van der Waals surface area contributed by atoms with E-state index in [4.69, 9.17) is 0 Å². The molecule has 2 aromatic rings. The SMILES string of the molecule is C=CCCCCCCCCc1ccc2ccccc2c1. The highest BCUT2D eigenvalue weighted by Gasteiger charge is 1.97. The molecule has 2 rings (SSSR count). The van der Waals surface area contributed by atoms with Crippen LogP contribution in [0.15, 0.2) is 55.1 Å². The Kier molecular flexibility index (Phi) is 6.37. The number of allylic oxidation sites excluding steroid dienone is 1. The first-order valence-electron chi connectivity index (χ1n) is 7.99. The van der Waals surface area contributed by atoms with Gasteiger partial charge in [0.25, 0.3) is 0 Å². The molecule has 0 amide bonds. The molecule has 0 aromatic heterocycles. The standard InChI is InChI=1S/C20H26/c1-2-3-4-5-6-7-8-9-12-18-15-16-19-13-10-11-14-20(19)17-18/h2,10-11,13-17H,1,3-9,12H2. The number of unbranched alkanes of at least 4 members (excludes halogenated alkanes) is 6. The Hall–Kier alpha value is -1.56. The summed E-state index contributed by atoms with van der Waals surface area (Å²) in [6, 6.07) is 15.5. The van der Waals surface area contributed by atoms with Gasteiger partial charge in [-0.15, -0.1) is 6.58 Å². The van der Waals surface area contributed by atoms with Crippen LogP contribution in [0.2, 0.25) is 0 Å². The van der Waals surface area contributed by atoms with Gasteiger partial charge in [-0.3, -0.25) is 0 Å². The summed E-state index contributed by atoms with van der Waals surface area (Å²) in [5.41, 5.74) is 1.48. The first-order valence-corrected chi connectivity index (χ1v) is 7.99. The molecule has 0 atom stereocenters. The van der Waals surface area contributed by atoms with Gasteiger partial charge in [0.1, 0.15) is 0 Å². The molecule has 0 nitrogen and oxygen atoms in total. The van der Waals surface area contributed by atoms with E-state index in [1.54, 1.807) is 0 Å². The van der Waals surface area contributed by atoms with Crippen molar-refractivity contribution in [2.45, 2.75) is 51.4 Å². The molecule has 0 N–H and O–H groups in total. The summed E-state index contributed by atoms with van der Waals surface area (Å²) in [4.78, 5) is 0. The van der Waals surface area contributed by atoms with Crippen molar-refractivity contribution >= 4 is 10.8 Å². The molecule has 0 heterocycles. The molecule has 0 radical (unpaired) electrons. The topological polar surface area (TPSA) is 0 Å². The van der Waals surface area contributed by atoms with Gasteiger partial charge < -0.3 is 0 Å². The predicted octanol–water partition coefficient (Wildman–Crippen LogP) is 6.30. The summed E-state index contributed by atoms with van der Waals surface area (Å²) in [6.45, 7) is 3.76. The van der Waals surface area contributed by atoms with Crippen LogP contribution in [0.1, 0.15) is 50.5 Å². The van der Waals surface area contributed by atoms with Crippen molar-refractivity contribution < 1.29 is 0 Å². The summed E-state index contributed by atoms with van der Waals surface area (Å²) in [5, 5.41) is 2.72. The molecule has 0 aliphatic heterocycles. The largest absolute Gasteiger partial charge is 0.103 e. The number of hydrogen-bond acceptors (Lipinski definition) is 0. The zero-order valence-electron chi connectivity index (χ0n) is 12.5. The van der Waals surface area contributed by atoms with Crippen LogP contribution < -0.4 is 0 Å². The fraction of sp³-hybridized carbons (Fsp3) is 0.400. The highest BCUT2D eigenvalue weighted by Crippen LogP contribution is 2.17. The molecule has 0 fully saturated rings. The van der Waals surface area contributed by atoms with Crippen molar-refractivity contribution in [1.29, 1.82) is 0 Å². The molecular formula is C20H26. The third kappa shape index (κ3) is 4.85. The maximum atomic E-state index is 3.76. The second-order valence-electron chi connectivity index (χ2n) is 5.63. The first kappa shape index (κ1) is 14.8. The molecule has 0 saturated carbocycles. The quantitative estimate of drug-likeness (QED) is 0.369. The predicted molar refractivity (Wildman–Crippen MR) is 90.2 cm³/mol. The lowest BCUT2D eigenvalue weighted by Gasteiger charge is -2.04. The lowest BCUT2D eigenvalue weighted by Crippen LogP contribution is -1.87. The van der Waals surface area contributed by atoms with Crippen LogP contribution in [0.4, 0.5) is 0 Å². The smallest absolute Gasteiger partial charge is 0.0181 e. The van der Waals surface area contributed by atoms with E-state index in [-0.39, 0.29) is 0 Å². The Balaban J connectivity index is 1.66. The Morgan fingerprint density at radius 1 is 0.750 bits per heavy atom. The van der Waals surface area contributed by atoms with Crippen molar-refractivity contribution in [3.8, 4) is 0 Å². The van der Waals surface area contributed by atoms with Gasteiger partial charge in [0.05, 0.1) is 0 Å². The third-order valence-electron chi connectivity index (χ3n) is 3.94. The summed E-state index contributed by atoms with van der Waals surface area (Å²) in [5.74, 6) is 0. The monoisotopic (exact) mass is 266 g/mol. The number of fused-ring (bicyclic) bond motifs is 1. The van der Waals surface area contributed by atoms with E-state index < -0.39 is 0 Å². The average molecular weight is 266 g/mol. The molecule has 20 heavy (non-hydrogen) atoms. The maximum Gasteiger partial charge on any atom is -0.0181 e. The van der Waals surface area contributed by atoms with Crippen LogP contribution in [0, 0.1) is 0 Å². The van der Waals surface area contributed by atoms with Crippen LogP contribution in [-0.4, -0.2) is 0 Å². The van der Waals surface area contributed by atoms with Gasteiger partial charge in [0, 0.05) is 0 Å². The fourth-order valence-electron chi connectivity index (χ4n) is 2.72. The van der Waals surface area contributed by atoms with Gasteiger partial charge in [-0.1, -0.05) is 74.2 Å². The average Bonchev–Trinajstić information content (AvgIpc) is 2.50. The van der Waals surface area contributed by atoms with Crippen molar-refractivity contribution in [1.82, 2.24) is 0 Å². The molecule has 0 unspecified atom stereocenters. The fourth-order valence-corrected chi connectivity index (χ4v) is 2.72. The van der Waals surface area contributed by atoms with Gasteiger partial charge in [-0.05, 0) is 42.0 Å². The highest BCUT2D eigenvalue weighted by molar-refractivity contribution is 5.82. The molecule has 0 spiro atoms. The third-order valence-corrected chi connectivity index (χ3v) is 3.94. The lowest BCUT2D eigenvalue weighted by molar-refractivity contribution is 0.597. The molecule has 0 bridgehead atoms. The Morgan fingerprint density at radius 3 is 2.25 bits per heavy atom. The minimum atomic E-state index is 1.18. The van der Waals surface area contributed by atoms with E-state index in [2.05, 4.69) is 49.0 Å². The van der Waals surface area contributed by atoms with E-state index in [0.29, 0.717) is 0 Å². The normalized spacial score (nSPS) is 10.8. The molecule has 0 aliphatic carbocycles. The maximum absolute atomic E-state index is 3.76.